The van der Waals surface area contributed by atoms with Gasteiger partial charge in [0.25, 0.3) is 11.1 Å². The van der Waals surface area contributed by atoms with E-state index in [2.05, 4.69) is 15.6 Å². The molecule has 18 heavy (non-hydrogen) atoms. The number of hydrogen-bond donors (Lipinski definition) is 1. The maximum atomic E-state index is 11.4. The topological polar surface area (TPSA) is 76.9 Å². The Hall–Kier alpha value is -2.15. The van der Waals surface area contributed by atoms with Gasteiger partial charge < -0.3 is 0 Å². The molecule has 0 saturated carbocycles. The largest absolute Gasteiger partial charge is 0.290 e. The van der Waals surface area contributed by atoms with Crippen LogP contribution in [0.1, 0.15) is 5.56 Å². The molecule has 0 aliphatic carbocycles. The normalized spacial score (nSPS) is 17.7. The van der Waals surface area contributed by atoms with Gasteiger partial charge in [-0.2, -0.15) is 0 Å². The number of imide groups is 1. The van der Waals surface area contributed by atoms with E-state index in [9.17, 15) is 9.59 Å². The molecule has 0 spiro atoms. The third kappa shape index (κ3) is 1.78. The van der Waals surface area contributed by atoms with E-state index in [4.69, 9.17) is 0 Å². The van der Waals surface area contributed by atoms with Crippen LogP contribution in [0.2, 0.25) is 0 Å². The average Bonchev–Trinajstić information content (AvgIpc) is 2.84. The molecule has 3 rings (SSSR count). The number of fused-ring (bicyclic) bond motifs is 1. The van der Waals surface area contributed by atoms with E-state index in [1.54, 1.807) is 10.8 Å². The monoisotopic (exact) mass is 260 g/mol. The zero-order chi connectivity index (χ0) is 12.7. The summed E-state index contributed by atoms with van der Waals surface area (Å²) in [6, 6.07) is 5.56. The Morgan fingerprint density at radius 3 is 2.94 bits per heavy atom. The Morgan fingerprint density at radius 1 is 1.39 bits per heavy atom. The number of carbonyl (C=O) groups excluding carboxylic acids is 2. The van der Waals surface area contributed by atoms with Gasteiger partial charge in [0.05, 0.1) is 10.4 Å². The van der Waals surface area contributed by atoms with Gasteiger partial charge in [-0.15, -0.1) is 5.10 Å². The minimum Gasteiger partial charge on any atom is -0.282 e. The molecule has 0 unspecified atom stereocenters. The van der Waals surface area contributed by atoms with E-state index >= 15 is 0 Å². The summed E-state index contributed by atoms with van der Waals surface area (Å²) >= 11 is 0.899. The van der Waals surface area contributed by atoms with Crippen molar-refractivity contribution in [1.29, 1.82) is 0 Å². The van der Waals surface area contributed by atoms with Crippen molar-refractivity contribution < 1.29 is 9.59 Å². The van der Waals surface area contributed by atoms with Crippen molar-refractivity contribution in [3.8, 4) is 0 Å². The van der Waals surface area contributed by atoms with Gasteiger partial charge in [0.15, 0.2) is 0 Å². The molecule has 1 aliphatic heterocycles. The Bertz CT molecular complexity index is 704. The number of hydrogen-bond acceptors (Lipinski definition) is 5. The molecule has 2 heterocycles. The van der Waals surface area contributed by atoms with Crippen LogP contribution in [0.5, 0.6) is 0 Å². The van der Waals surface area contributed by atoms with E-state index in [0.29, 0.717) is 4.91 Å². The van der Waals surface area contributed by atoms with Gasteiger partial charge in [-0.1, -0.05) is 11.3 Å². The minimum absolute atomic E-state index is 0.341. The fraction of sp³-hybridized carbons (Fsp3) is 0.0909. The number of thioether (sulfide) groups is 1. The predicted molar refractivity (Wildman–Crippen MR) is 67.6 cm³/mol. The van der Waals surface area contributed by atoms with Gasteiger partial charge in [-0.25, -0.2) is 4.68 Å². The number of benzene rings is 1. The summed E-state index contributed by atoms with van der Waals surface area (Å²) in [4.78, 5) is 22.8. The zero-order valence-corrected chi connectivity index (χ0v) is 10.2. The molecule has 1 aromatic carbocycles. The first-order chi connectivity index (χ1) is 8.63. The second kappa shape index (κ2) is 3.95. The molecular weight excluding hydrogens is 252 g/mol. The fourth-order valence-corrected chi connectivity index (χ4v) is 2.40. The summed E-state index contributed by atoms with van der Waals surface area (Å²) in [7, 11) is 1.81. The number of nitrogens with one attached hydrogen (secondary N) is 1. The van der Waals surface area contributed by atoms with Crippen molar-refractivity contribution in [2.24, 2.45) is 7.05 Å². The van der Waals surface area contributed by atoms with Crippen LogP contribution in [0.4, 0.5) is 4.79 Å². The molecular formula is C11H8N4O2S. The standard InChI is InChI=1S/C11H8N4O2S/c1-15-8-3-2-6(4-7(8)13-14-15)5-9-10(16)12-11(17)18-9/h2-5H,1H3,(H,12,16,17)/b9-5-. The van der Waals surface area contributed by atoms with Gasteiger partial charge in [0.2, 0.25) is 0 Å². The van der Waals surface area contributed by atoms with Crippen molar-refractivity contribution in [2.75, 3.05) is 0 Å². The highest BCUT2D eigenvalue weighted by atomic mass is 32.2. The second-order valence-corrected chi connectivity index (χ2v) is 4.83. The molecule has 1 aliphatic rings. The van der Waals surface area contributed by atoms with Crippen molar-refractivity contribution in [3.63, 3.8) is 0 Å². The molecule has 90 valence electrons. The fourth-order valence-electron chi connectivity index (χ4n) is 1.72. The first-order valence-electron chi connectivity index (χ1n) is 5.18. The molecule has 1 aromatic heterocycles. The summed E-state index contributed by atoms with van der Waals surface area (Å²) in [5.41, 5.74) is 2.48. The lowest BCUT2D eigenvalue weighted by Gasteiger charge is -1.96. The van der Waals surface area contributed by atoms with Gasteiger partial charge in [-0.05, 0) is 35.5 Å². The van der Waals surface area contributed by atoms with E-state index in [1.165, 1.54) is 0 Å². The van der Waals surface area contributed by atoms with Gasteiger partial charge in [0, 0.05) is 7.05 Å². The maximum absolute atomic E-state index is 11.4. The Labute approximate surface area is 106 Å². The summed E-state index contributed by atoms with van der Waals surface area (Å²) in [6.45, 7) is 0. The lowest BCUT2D eigenvalue weighted by Crippen LogP contribution is -2.17. The maximum Gasteiger partial charge on any atom is 0.290 e. The highest BCUT2D eigenvalue weighted by Gasteiger charge is 2.24. The molecule has 0 atom stereocenters. The Kier molecular flexibility index (Phi) is 2.41. The molecule has 1 saturated heterocycles. The van der Waals surface area contributed by atoms with E-state index in [0.717, 1.165) is 28.4 Å². The van der Waals surface area contributed by atoms with Crippen LogP contribution in [0.25, 0.3) is 17.1 Å². The number of rotatable bonds is 1. The lowest BCUT2D eigenvalue weighted by molar-refractivity contribution is -0.115. The quantitative estimate of drug-likeness (QED) is 0.782. The number of aromatic nitrogens is 3. The first-order valence-corrected chi connectivity index (χ1v) is 5.99. The molecule has 1 fully saturated rings. The predicted octanol–water partition coefficient (Wildman–Crippen LogP) is 1.29. The van der Waals surface area contributed by atoms with Crippen molar-refractivity contribution in [2.45, 2.75) is 0 Å². The Balaban J connectivity index is 2.02. The van der Waals surface area contributed by atoms with Crippen LogP contribution < -0.4 is 5.32 Å². The van der Waals surface area contributed by atoms with Crippen molar-refractivity contribution >= 4 is 40.0 Å². The smallest absolute Gasteiger partial charge is 0.282 e. The lowest BCUT2D eigenvalue weighted by atomic mass is 10.2. The number of nitrogens with zero attached hydrogens (tertiary/aromatic N) is 3. The van der Waals surface area contributed by atoms with Crippen LogP contribution in [0, 0.1) is 0 Å². The summed E-state index contributed by atoms with van der Waals surface area (Å²) in [6.07, 6.45) is 1.67. The second-order valence-electron chi connectivity index (χ2n) is 3.81. The number of aryl methyl sites for hydroxylation is 1. The van der Waals surface area contributed by atoms with Gasteiger partial charge in [0.1, 0.15) is 5.52 Å². The van der Waals surface area contributed by atoms with Gasteiger partial charge >= 0.3 is 0 Å². The highest BCUT2D eigenvalue weighted by Crippen LogP contribution is 2.26. The molecule has 0 bridgehead atoms. The van der Waals surface area contributed by atoms with Gasteiger partial charge in [-0.3, -0.25) is 14.9 Å². The molecule has 2 amide bonds. The molecule has 2 aromatic rings. The molecule has 7 heteroatoms. The van der Waals surface area contributed by atoms with Crippen LogP contribution in [0.3, 0.4) is 0 Å². The van der Waals surface area contributed by atoms with Crippen molar-refractivity contribution in [1.82, 2.24) is 20.3 Å². The van der Waals surface area contributed by atoms with Crippen LogP contribution >= 0.6 is 11.8 Å². The SMILES string of the molecule is Cn1nnc2cc(/C=C3\SC(=O)NC3=O)ccc21. The van der Waals surface area contributed by atoms with Crippen LogP contribution in [0.15, 0.2) is 23.1 Å². The van der Waals surface area contributed by atoms with E-state index in [-0.39, 0.29) is 11.1 Å². The number of carbonyl (C=O) groups is 2. The third-order valence-corrected chi connectivity index (χ3v) is 3.39. The van der Waals surface area contributed by atoms with Crippen LogP contribution in [-0.2, 0) is 11.8 Å². The van der Waals surface area contributed by atoms with Crippen LogP contribution in [-0.4, -0.2) is 26.1 Å². The molecule has 0 radical (unpaired) electrons. The van der Waals surface area contributed by atoms with E-state index < -0.39 is 0 Å². The highest BCUT2D eigenvalue weighted by molar-refractivity contribution is 8.18. The average molecular weight is 260 g/mol. The summed E-state index contributed by atoms with van der Waals surface area (Å²) in [5.74, 6) is -0.357. The zero-order valence-electron chi connectivity index (χ0n) is 9.38. The number of amides is 2. The van der Waals surface area contributed by atoms with Crippen molar-refractivity contribution in [3.05, 3.63) is 28.7 Å². The summed E-state index contributed by atoms with van der Waals surface area (Å²) in [5, 5.41) is 9.77. The van der Waals surface area contributed by atoms with E-state index in [1.807, 2.05) is 25.2 Å². The molecule has 6 nitrogen and oxygen atoms in total. The summed E-state index contributed by atoms with van der Waals surface area (Å²) < 4.78 is 1.67. The molecule has 1 N–H and O–H groups in total. The Morgan fingerprint density at radius 2 is 2.22 bits per heavy atom. The third-order valence-electron chi connectivity index (χ3n) is 2.57. The first kappa shape index (κ1) is 11.0. The minimum atomic E-state index is -0.357.